The minimum Gasteiger partial charge on any atom is -0.336 e. The van der Waals surface area contributed by atoms with E-state index in [1.807, 2.05) is 30.0 Å². The highest BCUT2D eigenvalue weighted by Gasteiger charge is 2.28. The van der Waals surface area contributed by atoms with Crippen LogP contribution in [0.2, 0.25) is 0 Å². The molecule has 0 saturated heterocycles. The summed E-state index contributed by atoms with van der Waals surface area (Å²) in [6.45, 7) is 7.10. The lowest BCUT2D eigenvalue weighted by molar-refractivity contribution is 0.0696. The molecule has 0 aliphatic heterocycles. The third kappa shape index (κ3) is 3.35. The zero-order valence-corrected chi connectivity index (χ0v) is 12.8. The molecule has 0 aromatic heterocycles. The van der Waals surface area contributed by atoms with Crippen molar-refractivity contribution in [2.45, 2.75) is 39.7 Å². The lowest BCUT2D eigenvalue weighted by Gasteiger charge is -2.27. The number of carbonyl (C=O) groups is 1. The molecule has 1 aliphatic rings. The van der Waals surface area contributed by atoms with E-state index in [1.54, 1.807) is 0 Å². The second-order valence-corrected chi connectivity index (χ2v) is 6.43. The second kappa shape index (κ2) is 5.43. The molecule has 0 radical (unpaired) electrons. The number of aryl methyl sites for hydroxylation is 1. The third-order valence-electron chi connectivity index (χ3n) is 3.33. The minimum atomic E-state index is 0.154. The summed E-state index contributed by atoms with van der Waals surface area (Å²) in [6, 6.07) is 6.17. The molecule has 0 bridgehead atoms. The molecule has 0 N–H and O–H groups in total. The van der Waals surface area contributed by atoms with Crippen molar-refractivity contribution < 1.29 is 4.79 Å². The van der Waals surface area contributed by atoms with E-state index in [-0.39, 0.29) is 11.9 Å². The average Bonchev–Trinajstić information content (AvgIpc) is 3.07. The van der Waals surface area contributed by atoms with Crippen molar-refractivity contribution in [1.82, 2.24) is 4.90 Å². The summed E-state index contributed by atoms with van der Waals surface area (Å²) in [5.41, 5.74) is 1.90. The van der Waals surface area contributed by atoms with Crippen molar-refractivity contribution in [1.29, 1.82) is 0 Å². The molecule has 1 saturated carbocycles. The van der Waals surface area contributed by atoms with Crippen LogP contribution in [0.5, 0.6) is 0 Å². The normalized spacial score (nSPS) is 14.9. The standard InChI is InChI=1S/C15H20BrNO/c1-10(2)17(9-12-4-5-12)15(18)13-6-11(3)7-14(16)8-13/h6-8,10,12H,4-5,9H2,1-3H3. The van der Waals surface area contributed by atoms with Crippen molar-refractivity contribution in [3.05, 3.63) is 33.8 Å². The van der Waals surface area contributed by atoms with E-state index in [9.17, 15) is 4.79 Å². The van der Waals surface area contributed by atoms with Gasteiger partial charge in [0.05, 0.1) is 0 Å². The molecule has 1 aliphatic carbocycles. The van der Waals surface area contributed by atoms with Crippen LogP contribution in [0.4, 0.5) is 0 Å². The van der Waals surface area contributed by atoms with Crippen LogP contribution >= 0.6 is 15.9 Å². The summed E-state index contributed by atoms with van der Waals surface area (Å²) in [5, 5.41) is 0. The number of amides is 1. The Morgan fingerprint density at radius 3 is 2.56 bits per heavy atom. The van der Waals surface area contributed by atoms with E-state index >= 15 is 0 Å². The van der Waals surface area contributed by atoms with Crippen LogP contribution in [0, 0.1) is 12.8 Å². The molecule has 18 heavy (non-hydrogen) atoms. The highest BCUT2D eigenvalue weighted by atomic mass is 79.9. The summed E-state index contributed by atoms with van der Waals surface area (Å²) in [5.74, 6) is 0.880. The van der Waals surface area contributed by atoms with Crippen LogP contribution in [0.1, 0.15) is 42.6 Å². The Bertz CT molecular complexity index is 432. The van der Waals surface area contributed by atoms with E-state index in [0.29, 0.717) is 0 Å². The molecular weight excluding hydrogens is 290 g/mol. The monoisotopic (exact) mass is 309 g/mol. The van der Waals surface area contributed by atoms with Gasteiger partial charge in [0.1, 0.15) is 0 Å². The van der Waals surface area contributed by atoms with Crippen LogP contribution in [0.25, 0.3) is 0 Å². The molecular formula is C15H20BrNO. The van der Waals surface area contributed by atoms with Crippen molar-refractivity contribution in [3.8, 4) is 0 Å². The molecule has 0 unspecified atom stereocenters. The summed E-state index contributed by atoms with van der Waals surface area (Å²) in [6.07, 6.45) is 2.54. The maximum absolute atomic E-state index is 12.6. The highest BCUT2D eigenvalue weighted by Crippen LogP contribution is 2.31. The first-order valence-electron chi connectivity index (χ1n) is 6.55. The highest BCUT2D eigenvalue weighted by molar-refractivity contribution is 9.10. The van der Waals surface area contributed by atoms with Gasteiger partial charge in [0.15, 0.2) is 0 Å². The Labute approximate surface area is 117 Å². The molecule has 3 heteroatoms. The van der Waals surface area contributed by atoms with Gasteiger partial charge in [-0.2, -0.15) is 0 Å². The van der Waals surface area contributed by atoms with Crippen LogP contribution < -0.4 is 0 Å². The molecule has 1 amide bonds. The topological polar surface area (TPSA) is 20.3 Å². The van der Waals surface area contributed by atoms with E-state index in [2.05, 4.69) is 29.8 Å². The van der Waals surface area contributed by atoms with Gasteiger partial charge < -0.3 is 4.90 Å². The number of carbonyl (C=O) groups excluding carboxylic acids is 1. The lowest BCUT2D eigenvalue weighted by Crippen LogP contribution is -2.38. The minimum absolute atomic E-state index is 0.154. The SMILES string of the molecule is Cc1cc(Br)cc(C(=O)N(CC2CC2)C(C)C)c1. The van der Waals surface area contributed by atoms with E-state index in [0.717, 1.165) is 28.1 Å². The van der Waals surface area contributed by atoms with Gasteiger partial charge >= 0.3 is 0 Å². The molecule has 0 spiro atoms. The predicted molar refractivity (Wildman–Crippen MR) is 77.8 cm³/mol. The molecule has 1 fully saturated rings. The van der Waals surface area contributed by atoms with Crippen LogP contribution in [-0.4, -0.2) is 23.4 Å². The number of hydrogen-bond donors (Lipinski definition) is 0. The third-order valence-corrected chi connectivity index (χ3v) is 3.78. The first-order valence-corrected chi connectivity index (χ1v) is 7.35. The van der Waals surface area contributed by atoms with Gasteiger partial charge in [-0.05, 0) is 63.3 Å². The average molecular weight is 310 g/mol. The summed E-state index contributed by atoms with van der Waals surface area (Å²) < 4.78 is 0.973. The van der Waals surface area contributed by atoms with Crippen molar-refractivity contribution in [2.75, 3.05) is 6.54 Å². The number of benzene rings is 1. The number of halogens is 1. The fourth-order valence-electron chi connectivity index (χ4n) is 2.13. The largest absolute Gasteiger partial charge is 0.336 e. The van der Waals surface area contributed by atoms with Crippen LogP contribution in [0.3, 0.4) is 0 Å². The quantitative estimate of drug-likeness (QED) is 0.822. The van der Waals surface area contributed by atoms with Crippen molar-refractivity contribution in [3.63, 3.8) is 0 Å². The Hall–Kier alpha value is -0.830. The fraction of sp³-hybridized carbons (Fsp3) is 0.533. The summed E-state index contributed by atoms with van der Waals surface area (Å²) in [7, 11) is 0. The molecule has 2 rings (SSSR count). The number of rotatable bonds is 4. The van der Waals surface area contributed by atoms with Gasteiger partial charge in [-0.1, -0.05) is 15.9 Å². The van der Waals surface area contributed by atoms with Gasteiger partial charge in [-0.25, -0.2) is 0 Å². The van der Waals surface area contributed by atoms with Crippen LogP contribution in [-0.2, 0) is 0 Å². The Morgan fingerprint density at radius 1 is 1.39 bits per heavy atom. The molecule has 1 aromatic carbocycles. The maximum atomic E-state index is 12.6. The zero-order valence-electron chi connectivity index (χ0n) is 11.2. The smallest absolute Gasteiger partial charge is 0.254 e. The number of nitrogens with zero attached hydrogens (tertiary/aromatic N) is 1. The van der Waals surface area contributed by atoms with Gasteiger partial charge in [0.25, 0.3) is 5.91 Å². The zero-order chi connectivity index (χ0) is 13.3. The van der Waals surface area contributed by atoms with Gasteiger partial charge in [0.2, 0.25) is 0 Å². The van der Waals surface area contributed by atoms with Crippen molar-refractivity contribution in [2.24, 2.45) is 5.92 Å². The lowest BCUT2D eigenvalue weighted by atomic mass is 10.1. The molecule has 1 aromatic rings. The Morgan fingerprint density at radius 2 is 2.06 bits per heavy atom. The summed E-state index contributed by atoms with van der Waals surface area (Å²) in [4.78, 5) is 14.6. The molecule has 2 nitrogen and oxygen atoms in total. The maximum Gasteiger partial charge on any atom is 0.254 e. The second-order valence-electron chi connectivity index (χ2n) is 5.51. The van der Waals surface area contributed by atoms with Gasteiger partial charge in [0, 0.05) is 22.6 Å². The van der Waals surface area contributed by atoms with E-state index in [4.69, 9.17) is 0 Å². The van der Waals surface area contributed by atoms with Crippen LogP contribution in [0.15, 0.2) is 22.7 Å². The molecule has 0 heterocycles. The molecule has 0 atom stereocenters. The Kier molecular flexibility index (Phi) is 4.10. The molecule has 98 valence electrons. The van der Waals surface area contributed by atoms with Crippen molar-refractivity contribution >= 4 is 21.8 Å². The van der Waals surface area contributed by atoms with E-state index < -0.39 is 0 Å². The summed E-state index contributed by atoms with van der Waals surface area (Å²) >= 11 is 3.46. The first-order chi connectivity index (χ1) is 8.47. The van der Waals surface area contributed by atoms with Gasteiger partial charge in [-0.3, -0.25) is 4.79 Å². The Balaban J connectivity index is 2.20. The first kappa shape index (κ1) is 13.6. The van der Waals surface area contributed by atoms with Gasteiger partial charge in [-0.15, -0.1) is 0 Å². The predicted octanol–water partition coefficient (Wildman–Crippen LogP) is 4.02. The van der Waals surface area contributed by atoms with E-state index in [1.165, 1.54) is 12.8 Å². The number of hydrogen-bond acceptors (Lipinski definition) is 1. The fourth-order valence-corrected chi connectivity index (χ4v) is 2.74.